The molecule has 0 spiro atoms. The molecule has 0 saturated heterocycles. The molecule has 0 aromatic rings. The van der Waals surface area contributed by atoms with E-state index in [1.807, 2.05) is 0 Å². The van der Waals surface area contributed by atoms with Crippen molar-refractivity contribution in [3.05, 3.63) is 0 Å². The predicted octanol–water partition coefficient (Wildman–Crippen LogP) is -6.63. The molecule has 9 heavy (non-hydrogen) atoms. The maximum Gasteiger partial charge on any atom is 4.00 e. The van der Waals surface area contributed by atoms with Crippen LogP contribution in [0.25, 0.3) is 0 Å². The summed E-state index contributed by atoms with van der Waals surface area (Å²) in [7, 11) is 0. The van der Waals surface area contributed by atoms with Crippen molar-refractivity contribution < 1.29 is 98.4 Å². The van der Waals surface area contributed by atoms with Crippen molar-refractivity contribution in [2.24, 2.45) is 0 Å². The number of rotatable bonds is 0. The van der Waals surface area contributed by atoms with E-state index in [-0.39, 0.29) is 78.6 Å². The molecule has 0 aliphatic carbocycles. The smallest absolute Gasteiger partial charge is 2.00 e. The Kier molecular flexibility index (Phi) is 29.9. The van der Waals surface area contributed by atoms with Gasteiger partial charge in [0.1, 0.15) is 0 Å². The van der Waals surface area contributed by atoms with Gasteiger partial charge in [0.05, 0.1) is 11.9 Å². The molecule has 5 nitrogen and oxygen atoms in total. The zero-order valence-corrected chi connectivity index (χ0v) is 9.23. The van der Waals surface area contributed by atoms with Crippen molar-refractivity contribution in [2.75, 3.05) is 0 Å². The first kappa shape index (κ1) is 22.5. The largest absolute Gasteiger partial charge is 4.00 e. The summed E-state index contributed by atoms with van der Waals surface area (Å²) >= 11 is 0. The summed E-state index contributed by atoms with van der Waals surface area (Å²) in [5.74, 6) is -4.37. The topological polar surface area (TPSA) is 109 Å². The molecule has 0 fully saturated rings. The van der Waals surface area contributed by atoms with Crippen LogP contribution in [0.4, 0.5) is 0 Å². The minimum absolute atomic E-state index is 0. The Bertz CT molecular complexity index is 81.0. The van der Waals surface area contributed by atoms with E-state index in [4.69, 9.17) is 19.8 Å². The Morgan fingerprint density at radius 1 is 1.00 bits per heavy atom. The third-order valence-corrected chi connectivity index (χ3v) is 0.167. The summed E-state index contributed by atoms with van der Waals surface area (Å²) in [6.45, 7) is 0. The van der Waals surface area contributed by atoms with E-state index >= 15 is 0 Å². The normalized spacial score (nSPS) is 4.89. The molecule has 0 heterocycles. The van der Waals surface area contributed by atoms with Crippen molar-refractivity contribution in [3.8, 4) is 0 Å². The summed E-state index contributed by atoms with van der Waals surface area (Å²) in [5, 5.41) is 17.9. The van der Waals surface area contributed by atoms with Gasteiger partial charge in [0, 0.05) is 0 Å². The summed E-state index contributed by atoms with van der Waals surface area (Å²) in [6, 6.07) is 0. The zero-order chi connectivity index (χ0) is 5.15. The summed E-state index contributed by atoms with van der Waals surface area (Å²) < 4.78 is 0. The van der Waals surface area contributed by atoms with Crippen molar-refractivity contribution in [1.82, 2.24) is 0 Å². The van der Waals surface area contributed by atoms with Gasteiger partial charge < -0.3 is 25.3 Å². The van der Waals surface area contributed by atoms with Crippen molar-refractivity contribution in [2.45, 2.75) is 0 Å². The first-order valence-electron chi connectivity index (χ1n) is 1.07. The first-order chi connectivity index (χ1) is 2.64. The van der Waals surface area contributed by atoms with Gasteiger partial charge in [-0.3, -0.25) is 0 Å². The monoisotopic (exact) mass is 191 g/mol. The van der Waals surface area contributed by atoms with Crippen LogP contribution in [0.3, 0.4) is 0 Å². The van der Waals surface area contributed by atoms with E-state index in [0.29, 0.717) is 0 Å². The minimum Gasteiger partial charge on any atom is -2.00 e. The van der Waals surface area contributed by atoms with Gasteiger partial charge >= 0.3 is 73.1 Å². The maximum absolute atomic E-state index is 8.93. The van der Waals surface area contributed by atoms with Gasteiger partial charge in [-0.25, -0.2) is 0 Å². The fourth-order valence-corrected chi connectivity index (χ4v) is 0. The van der Waals surface area contributed by atoms with Crippen molar-refractivity contribution >= 4 is 11.9 Å². The van der Waals surface area contributed by atoms with Crippen LogP contribution in [0, 0.1) is 0 Å². The molecule has 0 aromatic heterocycles. The quantitative estimate of drug-likeness (QED) is 0.280. The molecule has 0 amide bonds. The van der Waals surface area contributed by atoms with Crippen molar-refractivity contribution in [3.63, 3.8) is 0 Å². The summed E-state index contributed by atoms with van der Waals surface area (Å²) in [5.41, 5.74) is 0. The van der Waals surface area contributed by atoms with E-state index in [1.165, 1.54) is 0 Å². The number of carboxylic acids is 2. The van der Waals surface area contributed by atoms with Gasteiger partial charge in [0.15, 0.2) is 0 Å². The van der Waals surface area contributed by atoms with Gasteiger partial charge in [0.25, 0.3) is 0 Å². The third kappa shape index (κ3) is 17.6. The van der Waals surface area contributed by atoms with E-state index in [9.17, 15) is 0 Å². The summed E-state index contributed by atoms with van der Waals surface area (Å²) in [4.78, 5) is 17.9. The Hall–Kier alpha value is 1.25. The molecule has 0 N–H and O–H groups in total. The molecule has 0 unspecified atom stereocenters. The van der Waals surface area contributed by atoms with E-state index in [2.05, 4.69) is 0 Å². The molecule has 42 valence electrons. The fraction of sp³-hybridized carbons (Fsp3) is 0. The number of carbonyl (C=O) groups is 2. The molecule has 0 saturated carbocycles. The van der Waals surface area contributed by atoms with Gasteiger partial charge in [0.2, 0.25) is 0 Å². The fourth-order valence-electron chi connectivity index (χ4n) is 0. The molecule has 0 bridgehead atoms. The SMILES string of the molecule is O=C([O-])C(=O)[O-].[K+].[O-2].[Ti+4]. The summed E-state index contributed by atoms with van der Waals surface area (Å²) in [6.07, 6.45) is 0. The standard InChI is InChI=1S/C2H2O4.K.O.Ti/c3-1(4)2(5)6;;;/h(H,3,4)(H,5,6);;;/q;+1;-2;+4/p-2. The zero-order valence-electron chi connectivity index (χ0n) is 4.54. The Labute approximate surface area is 108 Å². The minimum atomic E-state index is -2.19. The number of carbonyl (C=O) groups excluding carboxylic acids is 2. The Balaban J connectivity index is -0.0000000417. The van der Waals surface area contributed by atoms with Crippen LogP contribution in [0.2, 0.25) is 0 Å². The molecule has 7 heteroatoms. The van der Waals surface area contributed by atoms with Gasteiger partial charge in [-0.05, 0) is 0 Å². The van der Waals surface area contributed by atoms with E-state index < -0.39 is 11.9 Å². The third-order valence-electron chi connectivity index (χ3n) is 0.167. The molecule has 0 aliphatic rings. The molecular weight excluding hydrogens is 191 g/mol. The van der Waals surface area contributed by atoms with Crippen LogP contribution in [0.5, 0.6) is 0 Å². The predicted molar refractivity (Wildman–Crippen MR) is 10.7 cm³/mol. The van der Waals surface area contributed by atoms with Crippen LogP contribution in [-0.2, 0) is 36.8 Å². The molecular formula is C2KO5Ti+. The van der Waals surface area contributed by atoms with Crippen LogP contribution in [0.15, 0.2) is 0 Å². The molecule has 0 rings (SSSR count). The number of aliphatic carboxylic acids is 2. The van der Waals surface area contributed by atoms with Gasteiger partial charge in [-0.2, -0.15) is 0 Å². The Morgan fingerprint density at radius 2 is 1.11 bits per heavy atom. The molecule has 0 aromatic carbocycles. The second-order valence-electron chi connectivity index (χ2n) is 0.575. The van der Waals surface area contributed by atoms with Crippen LogP contribution in [-0.4, -0.2) is 11.9 Å². The van der Waals surface area contributed by atoms with Crippen LogP contribution < -0.4 is 61.6 Å². The molecule has 0 radical (unpaired) electrons. The number of hydrogen-bond donors (Lipinski definition) is 0. The van der Waals surface area contributed by atoms with Gasteiger partial charge in [-0.15, -0.1) is 0 Å². The van der Waals surface area contributed by atoms with Crippen LogP contribution >= 0.6 is 0 Å². The van der Waals surface area contributed by atoms with E-state index in [1.54, 1.807) is 0 Å². The van der Waals surface area contributed by atoms with E-state index in [0.717, 1.165) is 0 Å². The van der Waals surface area contributed by atoms with Crippen LogP contribution in [0.1, 0.15) is 0 Å². The maximum atomic E-state index is 8.93. The first-order valence-corrected chi connectivity index (χ1v) is 1.07. The number of hydrogen-bond acceptors (Lipinski definition) is 4. The molecule has 0 atom stereocenters. The second-order valence-corrected chi connectivity index (χ2v) is 0.575. The van der Waals surface area contributed by atoms with Crippen molar-refractivity contribution in [1.29, 1.82) is 0 Å². The van der Waals surface area contributed by atoms with Gasteiger partial charge in [-0.1, -0.05) is 0 Å². The average Bonchev–Trinajstić information content (AvgIpc) is 1.36. The second kappa shape index (κ2) is 12.0. The average molecular weight is 191 g/mol. The number of carboxylic acid groups (broad SMARTS) is 2. The Morgan fingerprint density at radius 3 is 1.11 bits per heavy atom. The molecule has 0 aliphatic heterocycles.